The summed E-state index contributed by atoms with van der Waals surface area (Å²) in [6.07, 6.45) is 3.26. The van der Waals surface area contributed by atoms with Gasteiger partial charge in [-0.3, -0.25) is 0 Å². The van der Waals surface area contributed by atoms with Gasteiger partial charge in [0.2, 0.25) is 10.0 Å². The minimum Gasteiger partial charge on any atom is -0.316 e. The molecule has 1 aromatic carbocycles. The van der Waals surface area contributed by atoms with Gasteiger partial charge in [-0.25, -0.2) is 8.42 Å². The Bertz CT molecular complexity index is 654. The predicted octanol–water partition coefficient (Wildman–Crippen LogP) is 2.20. The molecule has 5 heteroatoms. The Hall–Kier alpha value is -0.910. The molecule has 0 radical (unpaired) electrons. The van der Waals surface area contributed by atoms with Gasteiger partial charge in [0.1, 0.15) is 0 Å². The van der Waals surface area contributed by atoms with Crippen LogP contribution in [0.15, 0.2) is 17.0 Å². The lowest BCUT2D eigenvalue weighted by atomic mass is 10.1. The quantitative estimate of drug-likeness (QED) is 0.927. The molecule has 1 N–H and O–H groups in total. The number of hydrogen-bond acceptors (Lipinski definition) is 3. The van der Waals surface area contributed by atoms with Crippen molar-refractivity contribution in [3.8, 4) is 0 Å². The molecular formula is C16H24N2O2S. The topological polar surface area (TPSA) is 49.4 Å². The Morgan fingerprint density at radius 3 is 2.57 bits per heavy atom. The number of rotatable bonds is 4. The van der Waals surface area contributed by atoms with Crippen molar-refractivity contribution in [3.05, 3.63) is 28.8 Å². The van der Waals surface area contributed by atoms with Crippen molar-refractivity contribution in [2.24, 2.45) is 5.92 Å². The lowest BCUT2D eigenvalue weighted by molar-refractivity contribution is 0.333. The normalized spacial score (nSPS) is 25.7. The Morgan fingerprint density at radius 1 is 1.24 bits per heavy atom. The second kappa shape index (κ2) is 5.38. The average Bonchev–Trinajstić information content (AvgIpc) is 3.04. The van der Waals surface area contributed by atoms with E-state index in [2.05, 4.69) is 5.32 Å². The van der Waals surface area contributed by atoms with E-state index >= 15 is 0 Å². The van der Waals surface area contributed by atoms with Gasteiger partial charge in [-0.1, -0.05) is 6.07 Å². The monoisotopic (exact) mass is 308 g/mol. The van der Waals surface area contributed by atoms with Crippen molar-refractivity contribution in [1.29, 1.82) is 0 Å². The van der Waals surface area contributed by atoms with Gasteiger partial charge in [-0.05, 0) is 68.8 Å². The largest absolute Gasteiger partial charge is 0.316 e. The van der Waals surface area contributed by atoms with Crippen LogP contribution in [0.25, 0.3) is 0 Å². The van der Waals surface area contributed by atoms with Crippen LogP contribution in [0.1, 0.15) is 36.0 Å². The van der Waals surface area contributed by atoms with Crippen LogP contribution in [0.3, 0.4) is 0 Å². The molecule has 116 valence electrons. The lowest BCUT2D eigenvalue weighted by Gasteiger charge is -2.27. The molecule has 1 heterocycles. The molecule has 3 rings (SSSR count). The molecule has 0 aromatic heterocycles. The van der Waals surface area contributed by atoms with Crippen LogP contribution in [0.4, 0.5) is 0 Å². The highest BCUT2D eigenvalue weighted by Gasteiger charge is 2.44. The van der Waals surface area contributed by atoms with E-state index < -0.39 is 10.0 Å². The van der Waals surface area contributed by atoms with E-state index in [1.807, 2.05) is 33.0 Å². The molecule has 1 saturated carbocycles. The zero-order chi connectivity index (χ0) is 15.2. The number of piperidine rings is 1. The summed E-state index contributed by atoms with van der Waals surface area (Å²) in [5.41, 5.74) is 3.06. The van der Waals surface area contributed by atoms with Gasteiger partial charge in [-0.2, -0.15) is 4.31 Å². The Labute approximate surface area is 127 Å². The first-order valence-electron chi connectivity index (χ1n) is 7.70. The third-order valence-electron chi connectivity index (χ3n) is 4.95. The molecule has 2 unspecified atom stereocenters. The second-order valence-electron chi connectivity index (χ2n) is 6.48. The van der Waals surface area contributed by atoms with Crippen LogP contribution in [-0.4, -0.2) is 32.4 Å². The summed E-state index contributed by atoms with van der Waals surface area (Å²) in [5, 5.41) is 3.11. The summed E-state index contributed by atoms with van der Waals surface area (Å²) < 4.78 is 27.8. The second-order valence-corrected chi connectivity index (χ2v) is 8.34. The van der Waals surface area contributed by atoms with E-state index in [1.54, 1.807) is 4.31 Å². The fourth-order valence-corrected chi connectivity index (χ4v) is 5.83. The van der Waals surface area contributed by atoms with E-state index in [0.29, 0.717) is 23.9 Å². The molecule has 0 spiro atoms. The lowest BCUT2D eigenvalue weighted by Crippen LogP contribution is -2.38. The summed E-state index contributed by atoms with van der Waals surface area (Å²) >= 11 is 0. The van der Waals surface area contributed by atoms with Gasteiger partial charge in [-0.15, -0.1) is 0 Å². The summed E-state index contributed by atoms with van der Waals surface area (Å²) in [7, 11) is -1.47. The van der Waals surface area contributed by atoms with Crippen LogP contribution < -0.4 is 5.32 Å². The van der Waals surface area contributed by atoms with E-state index in [-0.39, 0.29) is 6.04 Å². The highest BCUT2D eigenvalue weighted by atomic mass is 32.2. The van der Waals surface area contributed by atoms with Crippen LogP contribution in [0, 0.1) is 19.8 Å². The van der Waals surface area contributed by atoms with Gasteiger partial charge >= 0.3 is 0 Å². The molecule has 2 aliphatic rings. The number of fused-ring (bicyclic) bond motifs is 2. The fourth-order valence-electron chi connectivity index (χ4n) is 3.83. The zero-order valence-corrected chi connectivity index (χ0v) is 13.8. The molecule has 0 amide bonds. The van der Waals surface area contributed by atoms with Gasteiger partial charge in [0.15, 0.2) is 0 Å². The molecule has 4 nitrogen and oxygen atoms in total. The van der Waals surface area contributed by atoms with Crippen LogP contribution in [0.2, 0.25) is 0 Å². The summed E-state index contributed by atoms with van der Waals surface area (Å²) in [5.74, 6) is 0.576. The number of hydrogen-bond donors (Lipinski definition) is 1. The van der Waals surface area contributed by atoms with E-state index in [9.17, 15) is 8.42 Å². The molecule has 2 fully saturated rings. The van der Waals surface area contributed by atoms with E-state index in [1.165, 1.54) is 6.42 Å². The van der Waals surface area contributed by atoms with Crippen molar-refractivity contribution in [2.45, 2.75) is 50.6 Å². The van der Waals surface area contributed by atoms with Crippen LogP contribution >= 0.6 is 0 Å². The standard InChI is InChI=1S/C16H24N2O2S/c1-11-6-12(2)16(8-14(11)9-17-3)21(19,20)18-10-13-4-5-15(18)7-13/h6,8,13,15,17H,4-5,7,9-10H2,1-3H3. The maximum absolute atomic E-state index is 13.0. The number of benzene rings is 1. The van der Waals surface area contributed by atoms with Gasteiger partial charge in [0.05, 0.1) is 4.90 Å². The number of sulfonamides is 1. The zero-order valence-electron chi connectivity index (χ0n) is 13.0. The number of nitrogens with zero attached hydrogens (tertiary/aromatic N) is 1. The highest BCUT2D eigenvalue weighted by molar-refractivity contribution is 7.89. The number of nitrogens with one attached hydrogen (secondary N) is 1. The molecule has 1 aromatic rings. The first-order valence-corrected chi connectivity index (χ1v) is 9.14. The number of aryl methyl sites for hydroxylation is 2. The SMILES string of the molecule is CNCc1cc(S(=O)(=O)N2CC3CCC2C3)c(C)cc1C. The maximum Gasteiger partial charge on any atom is 0.243 e. The van der Waals surface area contributed by atoms with Crippen molar-refractivity contribution in [3.63, 3.8) is 0 Å². The van der Waals surface area contributed by atoms with Crippen molar-refractivity contribution in [2.75, 3.05) is 13.6 Å². The smallest absolute Gasteiger partial charge is 0.243 e. The van der Waals surface area contributed by atoms with Crippen molar-refractivity contribution in [1.82, 2.24) is 9.62 Å². The summed E-state index contributed by atoms with van der Waals surface area (Å²) in [6, 6.07) is 4.09. The fraction of sp³-hybridized carbons (Fsp3) is 0.625. The third kappa shape index (κ3) is 2.51. The Kier molecular flexibility index (Phi) is 3.84. The van der Waals surface area contributed by atoms with E-state index in [0.717, 1.165) is 29.5 Å². The van der Waals surface area contributed by atoms with Crippen LogP contribution in [-0.2, 0) is 16.6 Å². The van der Waals surface area contributed by atoms with Gasteiger partial charge in [0, 0.05) is 19.1 Å². The first kappa shape index (κ1) is 15.0. The summed E-state index contributed by atoms with van der Waals surface area (Å²) in [4.78, 5) is 0.492. The van der Waals surface area contributed by atoms with Gasteiger partial charge in [0.25, 0.3) is 0 Å². The van der Waals surface area contributed by atoms with Crippen molar-refractivity contribution >= 4 is 10.0 Å². The molecular weight excluding hydrogens is 284 g/mol. The molecule has 1 saturated heterocycles. The van der Waals surface area contributed by atoms with Crippen molar-refractivity contribution < 1.29 is 8.42 Å². The Morgan fingerprint density at radius 2 is 2.00 bits per heavy atom. The minimum absolute atomic E-state index is 0.230. The van der Waals surface area contributed by atoms with Gasteiger partial charge < -0.3 is 5.32 Å². The minimum atomic E-state index is -3.35. The van der Waals surface area contributed by atoms with E-state index in [4.69, 9.17) is 0 Å². The van der Waals surface area contributed by atoms with Crippen LogP contribution in [0.5, 0.6) is 0 Å². The molecule has 21 heavy (non-hydrogen) atoms. The molecule has 2 atom stereocenters. The average molecular weight is 308 g/mol. The highest BCUT2D eigenvalue weighted by Crippen LogP contribution is 2.41. The maximum atomic E-state index is 13.0. The third-order valence-corrected chi connectivity index (χ3v) is 7.01. The molecule has 1 aliphatic carbocycles. The summed E-state index contributed by atoms with van der Waals surface area (Å²) in [6.45, 7) is 5.34. The Balaban J connectivity index is 2.00. The predicted molar refractivity (Wildman–Crippen MR) is 83.7 cm³/mol. The molecule has 1 aliphatic heterocycles. The molecule has 2 bridgehead atoms. The first-order chi connectivity index (χ1) is 9.93.